The summed E-state index contributed by atoms with van der Waals surface area (Å²) in [5.74, 6) is -1.07. The first-order chi connectivity index (χ1) is 10.2. The Morgan fingerprint density at radius 3 is 2.14 bits per heavy atom. The Morgan fingerprint density at radius 1 is 1.05 bits per heavy atom. The SMILES string of the molecule is FC(F)(F)COC(c1ccccn1)(C1CCCC1)C(F)(F)F. The third kappa shape index (κ3) is 3.37. The largest absolute Gasteiger partial charge is 0.423 e. The van der Waals surface area contributed by atoms with Gasteiger partial charge in [0.25, 0.3) is 0 Å². The van der Waals surface area contributed by atoms with Crippen LogP contribution in [0.2, 0.25) is 0 Å². The summed E-state index contributed by atoms with van der Waals surface area (Å²) >= 11 is 0. The molecule has 0 N–H and O–H groups in total. The summed E-state index contributed by atoms with van der Waals surface area (Å²) in [7, 11) is 0. The number of rotatable bonds is 4. The van der Waals surface area contributed by atoms with Crippen molar-refractivity contribution in [2.45, 2.75) is 43.6 Å². The van der Waals surface area contributed by atoms with Gasteiger partial charge in [-0.1, -0.05) is 18.9 Å². The number of nitrogens with zero attached hydrogens (tertiary/aromatic N) is 1. The van der Waals surface area contributed by atoms with E-state index >= 15 is 0 Å². The molecule has 1 saturated carbocycles. The van der Waals surface area contributed by atoms with E-state index in [0.29, 0.717) is 12.8 Å². The lowest BCUT2D eigenvalue weighted by molar-refractivity contribution is -0.328. The summed E-state index contributed by atoms with van der Waals surface area (Å²) < 4.78 is 83.2. The van der Waals surface area contributed by atoms with Crippen molar-refractivity contribution in [1.29, 1.82) is 0 Å². The second-order valence-electron chi connectivity index (χ2n) is 5.33. The predicted octanol–water partition coefficient (Wildman–Crippen LogP) is 4.61. The highest BCUT2D eigenvalue weighted by molar-refractivity contribution is 5.19. The molecule has 0 spiro atoms. The molecule has 0 radical (unpaired) electrons. The minimum absolute atomic E-state index is 0.161. The van der Waals surface area contributed by atoms with Crippen molar-refractivity contribution in [2.75, 3.05) is 6.61 Å². The molecule has 0 saturated heterocycles. The average molecular weight is 327 g/mol. The fourth-order valence-corrected chi connectivity index (χ4v) is 2.97. The molecule has 1 aliphatic carbocycles. The van der Waals surface area contributed by atoms with Gasteiger partial charge in [-0.2, -0.15) is 26.3 Å². The molecule has 0 amide bonds. The van der Waals surface area contributed by atoms with Crippen molar-refractivity contribution in [3.63, 3.8) is 0 Å². The second kappa shape index (κ2) is 6.06. The molecule has 0 aromatic carbocycles. The Labute approximate surface area is 123 Å². The number of aromatic nitrogens is 1. The van der Waals surface area contributed by atoms with E-state index in [1.54, 1.807) is 0 Å². The van der Waals surface area contributed by atoms with Crippen LogP contribution in [0.3, 0.4) is 0 Å². The van der Waals surface area contributed by atoms with E-state index in [1.165, 1.54) is 12.1 Å². The molecule has 1 aromatic rings. The minimum Gasteiger partial charge on any atom is -0.350 e. The van der Waals surface area contributed by atoms with E-state index in [2.05, 4.69) is 9.72 Å². The fourth-order valence-electron chi connectivity index (χ4n) is 2.97. The summed E-state index contributed by atoms with van der Waals surface area (Å²) in [4.78, 5) is 3.65. The van der Waals surface area contributed by atoms with Crippen molar-refractivity contribution in [2.24, 2.45) is 5.92 Å². The maximum atomic E-state index is 13.8. The molecule has 1 heterocycles. The van der Waals surface area contributed by atoms with Crippen LogP contribution in [0.5, 0.6) is 0 Å². The quantitative estimate of drug-likeness (QED) is 0.754. The summed E-state index contributed by atoms with van der Waals surface area (Å²) in [6.07, 6.45) is -7.31. The third-order valence-electron chi connectivity index (χ3n) is 3.86. The topological polar surface area (TPSA) is 22.1 Å². The lowest BCUT2D eigenvalue weighted by atomic mass is 9.81. The van der Waals surface area contributed by atoms with Crippen molar-refractivity contribution in [1.82, 2.24) is 4.98 Å². The predicted molar refractivity (Wildman–Crippen MR) is 65.9 cm³/mol. The molecule has 1 aromatic heterocycles. The smallest absolute Gasteiger partial charge is 0.350 e. The minimum atomic E-state index is -4.98. The van der Waals surface area contributed by atoms with Crippen LogP contribution in [0.1, 0.15) is 31.4 Å². The van der Waals surface area contributed by atoms with Gasteiger partial charge in [-0.3, -0.25) is 4.98 Å². The van der Waals surface area contributed by atoms with E-state index in [1.807, 2.05) is 0 Å². The molecule has 22 heavy (non-hydrogen) atoms. The maximum absolute atomic E-state index is 13.8. The molecule has 2 rings (SSSR count). The van der Waals surface area contributed by atoms with E-state index < -0.39 is 36.2 Å². The van der Waals surface area contributed by atoms with Gasteiger partial charge in [0.15, 0.2) is 0 Å². The number of hydrogen-bond donors (Lipinski definition) is 0. The van der Waals surface area contributed by atoms with Crippen molar-refractivity contribution in [3.05, 3.63) is 30.1 Å². The van der Waals surface area contributed by atoms with Crippen LogP contribution < -0.4 is 0 Å². The molecule has 2 nitrogen and oxygen atoms in total. The van der Waals surface area contributed by atoms with Crippen LogP contribution in [-0.4, -0.2) is 23.9 Å². The van der Waals surface area contributed by atoms with Crippen LogP contribution in [-0.2, 0) is 10.3 Å². The van der Waals surface area contributed by atoms with Gasteiger partial charge < -0.3 is 4.74 Å². The first kappa shape index (κ1) is 17.1. The lowest BCUT2D eigenvalue weighted by Gasteiger charge is -2.40. The Balaban J connectivity index is 2.48. The van der Waals surface area contributed by atoms with Crippen molar-refractivity contribution in [3.8, 4) is 0 Å². The first-order valence-electron chi connectivity index (χ1n) is 6.86. The molecular weight excluding hydrogens is 312 g/mol. The Kier molecular flexibility index (Phi) is 4.70. The molecule has 8 heteroatoms. The average Bonchev–Trinajstić information content (AvgIpc) is 2.92. The van der Waals surface area contributed by atoms with Crippen LogP contribution >= 0.6 is 0 Å². The Hall–Kier alpha value is -1.31. The summed E-state index contributed by atoms with van der Waals surface area (Å²) in [5.41, 5.74) is -3.53. The van der Waals surface area contributed by atoms with Gasteiger partial charge in [0.1, 0.15) is 6.61 Å². The van der Waals surface area contributed by atoms with Crippen LogP contribution in [0.15, 0.2) is 24.4 Å². The molecule has 124 valence electrons. The van der Waals surface area contributed by atoms with Crippen LogP contribution in [0.4, 0.5) is 26.3 Å². The van der Waals surface area contributed by atoms with E-state index in [-0.39, 0.29) is 12.8 Å². The molecule has 1 unspecified atom stereocenters. The van der Waals surface area contributed by atoms with Gasteiger partial charge in [0, 0.05) is 12.1 Å². The first-order valence-corrected chi connectivity index (χ1v) is 6.86. The number of pyridine rings is 1. The molecule has 1 aliphatic rings. The highest BCUT2D eigenvalue weighted by Crippen LogP contribution is 2.52. The van der Waals surface area contributed by atoms with Gasteiger partial charge in [0.05, 0.1) is 5.69 Å². The third-order valence-corrected chi connectivity index (χ3v) is 3.86. The maximum Gasteiger partial charge on any atom is 0.423 e. The van der Waals surface area contributed by atoms with Gasteiger partial charge in [0.2, 0.25) is 5.60 Å². The summed E-state index contributed by atoms with van der Waals surface area (Å²) in [6, 6.07) is 3.79. The zero-order chi connectivity index (χ0) is 16.4. The van der Waals surface area contributed by atoms with Crippen molar-refractivity contribution >= 4 is 0 Å². The molecule has 0 bridgehead atoms. The highest BCUT2D eigenvalue weighted by Gasteiger charge is 2.63. The molecule has 1 fully saturated rings. The van der Waals surface area contributed by atoms with E-state index in [9.17, 15) is 26.3 Å². The lowest BCUT2D eigenvalue weighted by Crippen LogP contribution is -2.52. The van der Waals surface area contributed by atoms with Crippen LogP contribution in [0, 0.1) is 5.92 Å². The number of alkyl halides is 6. The molecule has 0 aliphatic heterocycles. The highest BCUT2D eigenvalue weighted by atomic mass is 19.4. The standard InChI is InChI=1S/C14H15F6NO/c15-12(16,17)9-22-13(14(18,19)20,10-5-1-2-6-10)11-7-3-4-8-21-11/h3-4,7-8,10H,1-2,5-6,9H2. The van der Waals surface area contributed by atoms with Crippen molar-refractivity contribution < 1.29 is 31.1 Å². The van der Waals surface area contributed by atoms with E-state index in [4.69, 9.17) is 0 Å². The zero-order valence-corrected chi connectivity index (χ0v) is 11.5. The zero-order valence-electron chi connectivity index (χ0n) is 11.5. The monoisotopic (exact) mass is 327 g/mol. The van der Waals surface area contributed by atoms with E-state index in [0.717, 1.165) is 12.3 Å². The Bertz CT molecular complexity index is 480. The fraction of sp³-hybridized carbons (Fsp3) is 0.643. The number of halogens is 6. The van der Waals surface area contributed by atoms with Gasteiger partial charge >= 0.3 is 12.4 Å². The number of hydrogen-bond acceptors (Lipinski definition) is 2. The normalized spacial score (nSPS) is 20.1. The van der Waals surface area contributed by atoms with Gasteiger partial charge in [-0.25, -0.2) is 0 Å². The molecular formula is C14H15F6NO. The summed E-state index contributed by atoms with van der Waals surface area (Å²) in [6.45, 7) is -1.96. The molecule has 1 atom stereocenters. The second-order valence-corrected chi connectivity index (χ2v) is 5.33. The summed E-state index contributed by atoms with van der Waals surface area (Å²) in [5, 5.41) is 0. The van der Waals surface area contributed by atoms with Gasteiger partial charge in [-0.05, 0) is 25.0 Å². The Morgan fingerprint density at radius 2 is 1.68 bits per heavy atom. The number of ether oxygens (including phenoxy) is 1. The van der Waals surface area contributed by atoms with Gasteiger partial charge in [-0.15, -0.1) is 0 Å². The van der Waals surface area contributed by atoms with Crippen LogP contribution in [0.25, 0.3) is 0 Å².